The summed E-state index contributed by atoms with van der Waals surface area (Å²) < 4.78 is 0. The summed E-state index contributed by atoms with van der Waals surface area (Å²) >= 11 is 0. The molecule has 0 unspecified atom stereocenters. The Labute approximate surface area is 184 Å². The van der Waals surface area contributed by atoms with Crippen LogP contribution in [0, 0.1) is 0 Å². The predicted octanol–water partition coefficient (Wildman–Crippen LogP) is 1.80. The highest BCUT2D eigenvalue weighted by Gasteiger charge is 2.43. The van der Waals surface area contributed by atoms with Gasteiger partial charge in [0.25, 0.3) is 0 Å². The lowest BCUT2D eigenvalue weighted by atomic mass is 10.2. The van der Waals surface area contributed by atoms with Gasteiger partial charge in [-0.3, -0.25) is 4.79 Å². The van der Waals surface area contributed by atoms with Crippen molar-refractivity contribution in [1.82, 2.24) is 0 Å². The maximum atomic E-state index is 10.7. The molecule has 0 aromatic heterocycles. The van der Waals surface area contributed by atoms with Crippen LogP contribution in [0.4, 0.5) is 0 Å². The quantitative estimate of drug-likeness (QED) is 0.295. The molecule has 0 saturated heterocycles. The van der Waals surface area contributed by atoms with Crippen molar-refractivity contribution in [3.8, 4) is 0 Å². The predicted molar refractivity (Wildman–Crippen MR) is 121 cm³/mol. The van der Waals surface area contributed by atoms with Crippen LogP contribution in [0.5, 0.6) is 0 Å². The van der Waals surface area contributed by atoms with E-state index in [2.05, 4.69) is 103 Å². The monoisotopic (exact) mass is 468 g/mol. The van der Waals surface area contributed by atoms with Crippen LogP contribution >= 0.6 is 7.26 Å². The smallest absolute Gasteiger partial charge is 0.303 e. The first-order valence-electron chi connectivity index (χ1n) is 9.65. The van der Waals surface area contributed by atoms with Gasteiger partial charge < -0.3 is 22.1 Å². The highest BCUT2D eigenvalue weighted by atomic mass is 79.9. The molecule has 0 amide bonds. The lowest BCUT2D eigenvalue weighted by molar-refractivity contribution is -0.137. The number of unbranched alkanes of at least 4 members (excludes halogenated alkanes) is 1. The van der Waals surface area contributed by atoms with E-state index < -0.39 is 13.2 Å². The highest BCUT2D eigenvalue weighted by molar-refractivity contribution is 7.95. The summed E-state index contributed by atoms with van der Waals surface area (Å²) in [6.07, 6.45) is 7.03. The second-order valence-corrected chi connectivity index (χ2v) is 10.3. The topological polar surface area (TPSA) is 37.3 Å². The van der Waals surface area contributed by atoms with E-state index >= 15 is 0 Å². The van der Waals surface area contributed by atoms with E-state index in [1.807, 2.05) is 0 Å². The second-order valence-electron chi connectivity index (χ2n) is 6.76. The zero-order valence-corrected chi connectivity index (χ0v) is 18.8. The highest BCUT2D eigenvalue weighted by Crippen LogP contribution is 2.55. The Kier molecular flexibility index (Phi) is 9.31. The molecule has 1 N–H and O–H groups in total. The van der Waals surface area contributed by atoms with Gasteiger partial charge in [-0.25, -0.2) is 0 Å². The minimum Gasteiger partial charge on any atom is -1.00 e. The zero-order valence-electron chi connectivity index (χ0n) is 16.3. The fraction of sp³-hybridized carbons (Fsp3) is 0.160. The largest absolute Gasteiger partial charge is 1.00 e. The molecule has 0 aliphatic carbocycles. The Hall–Kier alpha value is -2.22. The van der Waals surface area contributed by atoms with E-state index in [0.717, 1.165) is 12.6 Å². The molecule has 3 aromatic rings. The number of carboxylic acids is 1. The summed E-state index contributed by atoms with van der Waals surface area (Å²) in [7, 11) is -1.82. The Balaban J connectivity index is 0.00000300. The van der Waals surface area contributed by atoms with Gasteiger partial charge in [0.05, 0.1) is 6.16 Å². The molecule has 4 heteroatoms. The minimum absolute atomic E-state index is 0. The first-order valence-corrected chi connectivity index (χ1v) is 11.6. The summed E-state index contributed by atoms with van der Waals surface area (Å²) in [4.78, 5) is 10.7. The molecule has 150 valence electrons. The Bertz CT molecular complexity index is 799. The van der Waals surface area contributed by atoms with E-state index in [-0.39, 0.29) is 23.4 Å². The van der Waals surface area contributed by atoms with Crippen molar-refractivity contribution in [3.63, 3.8) is 0 Å². The van der Waals surface area contributed by atoms with Crippen LogP contribution in [0.3, 0.4) is 0 Å². The zero-order chi connectivity index (χ0) is 19.7. The van der Waals surface area contributed by atoms with Crippen LogP contribution in [0.1, 0.15) is 19.3 Å². The van der Waals surface area contributed by atoms with Gasteiger partial charge in [0.1, 0.15) is 23.2 Å². The van der Waals surface area contributed by atoms with Crippen molar-refractivity contribution < 1.29 is 26.9 Å². The summed E-state index contributed by atoms with van der Waals surface area (Å²) in [6.45, 7) is 0. The molecule has 0 fully saturated rings. The number of hydrogen-bond acceptors (Lipinski definition) is 1. The number of carbonyl (C=O) groups is 1. The van der Waals surface area contributed by atoms with Crippen LogP contribution in [0.15, 0.2) is 103 Å². The number of allylic oxidation sites excluding steroid dienone is 2. The van der Waals surface area contributed by atoms with Crippen molar-refractivity contribution in [3.05, 3.63) is 103 Å². The third-order valence-electron chi connectivity index (χ3n) is 4.90. The standard InChI is InChI=1S/C25H25O2P.BrH/c26-25(27)20-12-1-2-13-21-28(22-14-6-3-7-15-22,23-16-8-4-9-17-23)24-18-10-5-11-19-24;/h2-11,13-19H,1,12,20-21H2;1H. The molecule has 3 aromatic carbocycles. The van der Waals surface area contributed by atoms with Gasteiger partial charge >= 0.3 is 5.97 Å². The molecular weight excluding hydrogens is 443 g/mol. The fourth-order valence-electron chi connectivity index (χ4n) is 3.53. The van der Waals surface area contributed by atoms with Crippen LogP contribution in [0.25, 0.3) is 0 Å². The molecule has 0 bridgehead atoms. The van der Waals surface area contributed by atoms with Gasteiger partial charge in [-0.2, -0.15) is 0 Å². The minimum atomic E-state index is -1.82. The van der Waals surface area contributed by atoms with Gasteiger partial charge in [0.2, 0.25) is 0 Å². The van der Waals surface area contributed by atoms with Crippen molar-refractivity contribution >= 4 is 29.1 Å². The normalized spacial score (nSPS) is 11.2. The molecule has 0 radical (unpaired) electrons. The van der Waals surface area contributed by atoms with Gasteiger partial charge in [0, 0.05) is 6.42 Å². The van der Waals surface area contributed by atoms with Gasteiger partial charge in [-0.05, 0) is 49.2 Å². The number of rotatable bonds is 9. The molecule has 2 nitrogen and oxygen atoms in total. The molecule has 0 heterocycles. The summed E-state index contributed by atoms with van der Waals surface area (Å²) in [5, 5.41) is 12.9. The van der Waals surface area contributed by atoms with Crippen molar-refractivity contribution in [1.29, 1.82) is 0 Å². The molecule has 3 rings (SSSR count). The summed E-state index contributed by atoms with van der Waals surface area (Å²) in [5.41, 5.74) is 0. The number of halogens is 1. The third-order valence-corrected chi connectivity index (χ3v) is 9.20. The maximum absolute atomic E-state index is 10.7. The first-order chi connectivity index (χ1) is 13.7. The van der Waals surface area contributed by atoms with Crippen LogP contribution in [0.2, 0.25) is 0 Å². The number of carboxylic acid groups (broad SMARTS) is 1. The van der Waals surface area contributed by atoms with E-state index in [4.69, 9.17) is 5.11 Å². The Morgan fingerprint density at radius 2 is 1.14 bits per heavy atom. The van der Waals surface area contributed by atoms with E-state index in [1.54, 1.807) is 0 Å². The SMILES string of the molecule is O=C(O)CCCC=CC[P+](c1ccccc1)(c1ccccc1)c1ccccc1.[Br-]. The van der Waals surface area contributed by atoms with Crippen molar-refractivity contribution in [2.24, 2.45) is 0 Å². The molecule has 0 spiro atoms. The van der Waals surface area contributed by atoms with Gasteiger partial charge in [-0.15, -0.1) is 0 Å². The van der Waals surface area contributed by atoms with Crippen LogP contribution in [-0.4, -0.2) is 17.2 Å². The lowest BCUT2D eigenvalue weighted by Crippen LogP contribution is -3.00. The first kappa shape index (κ1) is 23.1. The van der Waals surface area contributed by atoms with Crippen molar-refractivity contribution in [2.45, 2.75) is 19.3 Å². The van der Waals surface area contributed by atoms with Crippen LogP contribution < -0.4 is 32.9 Å². The molecule has 0 aliphatic heterocycles. The molecule has 0 atom stereocenters. The second kappa shape index (κ2) is 11.7. The molecule has 0 saturated carbocycles. The van der Waals surface area contributed by atoms with Gasteiger partial charge in [0.15, 0.2) is 0 Å². The summed E-state index contributed by atoms with van der Waals surface area (Å²) in [6, 6.07) is 32.4. The van der Waals surface area contributed by atoms with Crippen LogP contribution in [-0.2, 0) is 4.79 Å². The lowest BCUT2D eigenvalue weighted by Gasteiger charge is -2.26. The van der Waals surface area contributed by atoms with E-state index in [1.165, 1.54) is 15.9 Å². The number of hydrogen-bond donors (Lipinski definition) is 1. The third kappa shape index (κ3) is 5.88. The fourth-order valence-corrected chi connectivity index (χ4v) is 7.57. The average Bonchev–Trinajstić information content (AvgIpc) is 2.75. The molecular formula is C25H26BrO2P. The van der Waals surface area contributed by atoms with Crippen molar-refractivity contribution in [2.75, 3.05) is 6.16 Å². The summed E-state index contributed by atoms with van der Waals surface area (Å²) in [5.74, 6) is -0.729. The molecule has 0 aliphatic rings. The Morgan fingerprint density at radius 3 is 1.52 bits per heavy atom. The number of benzene rings is 3. The van der Waals surface area contributed by atoms with E-state index in [9.17, 15) is 4.79 Å². The Morgan fingerprint density at radius 1 is 0.724 bits per heavy atom. The van der Waals surface area contributed by atoms with Gasteiger partial charge in [-0.1, -0.05) is 66.7 Å². The molecule has 29 heavy (non-hydrogen) atoms. The maximum Gasteiger partial charge on any atom is 0.303 e. The average molecular weight is 469 g/mol. The van der Waals surface area contributed by atoms with E-state index in [0.29, 0.717) is 6.42 Å². The number of aliphatic carboxylic acids is 1.